The van der Waals surface area contributed by atoms with Gasteiger partial charge in [0.25, 0.3) is 0 Å². The van der Waals surface area contributed by atoms with E-state index in [1.807, 2.05) is 0 Å². The van der Waals surface area contributed by atoms with Gasteiger partial charge in [-0.1, -0.05) is 164 Å². The highest BCUT2D eigenvalue weighted by atomic mass is 15.1. The Morgan fingerprint density at radius 2 is 0.947 bits per heavy atom. The molecule has 2 unspecified atom stereocenters. The number of para-hydroxylation sites is 1. The Kier molecular flexibility index (Phi) is 6.18. The summed E-state index contributed by atoms with van der Waals surface area (Å²) < 4.78 is 0. The third-order valence-electron chi connectivity index (χ3n) is 13.1. The number of nitrogens with zero attached hydrogens (tertiary/aromatic N) is 1. The van der Waals surface area contributed by atoms with Crippen LogP contribution in [0.15, 0.2) is 199 Å². The molecule has 2 nitrogen and oxygen atoms in total. The molecular formula is C55H34N2. The molecule has 0 radical (unpaired) electrons. The van der Waals surface area contributed by atoms with E-state index in [0.29, 0.717) is 0 Å². The van der Waals surface area contributed by atoms with Crippen LogP contribution in [-0.2, 0) is 5.41 Å². The van der Waals surface area contributed by atoms with Gasteiger partial charge in [0.1, 0.15) is 6.17 Å². The zero-order valence-electron chi connectivity index (χ0n) is 31.0. The number of rotatable bonds is 2. The molecule has 0 bridgehead atoms. The molecule has 0 saturated carbocycles. The molecule has 2 aliphatic carbocycles. The van der Waals surface area contributed by atoms with Gasteiger partial charge >= 0.3 is 0 Å². The van der Waals surface area contributed by atoms with Crippen LogP contribution in [0.2, 0.25) is 0 Å². The SMILES string of the molecule is c1ccc2c(c1)-c1ccc(C3N=c4ccccc4=C(c4ccc5ccccc5c4)N3)cc1C21c2ccccc2-c2cc3c4ccccc4c4ccccc4c3cc21. The Balaban J connectivity index is 1.07. The van der Waals surface area contributed by atoms with E-state index < -0.39 is 5.41 Å². The summed E-state index contributed by atoms with van der Waals surface area (Å²) in [6.45, 7) is 0. The van der Waals surface area contributed by atoms with E-state index in [4.69, 9.17) is 4.99 Å². The lowest BCUT2D eigenvalue weighted by atomic mass is 9.70. The Morgan fingerprint density at radius 1 is 0.386 bits per heavy atom. The molecular weight excluding hydrogens is 689 g/mol. The molecule has 57 heavy (non-hydrogen) atoms. The Hall–Kier alpha value is -7.29. The molecule has 1 aliphatic heterocycles. The maximum absolute atomic E-state index is 5.40. The van der Waals surface area contributed by atoms with Crippen molar-refractivity contribution in [1.82, 2.24) is 5.32 Å². The Bertz CT molecular complexity index is 3520. The van der Waals surface area contributed by atoms with Crippen molar-refractivity contribution >= 4 is 48.8 Å². The van der Waals surface area contributed by atoms with Gasteiger partial charge in [-0.25, -0.2) is 0 Å². The zero-order valence-corrected chi connectivity index (χ0v) is 31.0. The van der Waals surface area contributed by atoms with Crippen molar-refractivity contribution in [1.29, 1.82) is 0 Å². The predicted octanol–water partition coefficient (Wildman–Crippen LogP) is 11.7. The van der Waals surface area contributed by atoms with Crippen LogP contribution in [0, 0.1) is 0 Å². The third-order valence-corrected chi connectivity index (χ3v) is 13.1. The minimum absolute atomic E-state index is 0.268. The van der Waals surface area contributed by atoms with Crippen LogP contribution in [0.25, 0.3) is 71.0 Å². The summed E-state index contributed by atoms with van der Waals surface area (Å²) in [4.78, 5) is 5.40. The molecule has 1 heterocycles. The predicted molar refractivity (Wildman–Crippen MR) is 235 cm³/mol. The molecule has 2 atom stereocenters. The highest BCUT2D eigenvalue weighted by Crippen LogP contribution is 2.63. The summed E-state index contributed by atoms with van der Waals surface area (Å²) in [5, 5.41) is 16.3. The summed E-state index contributed by atoms with van der Waals surface area (Å²) >= 11 is 0. The normalized spacial score (nSPS) is 17.3. The molecule has 3 aliphatic rings. The first-order valence-electron chi connectivity index (χ1n) is 19.9. The molecule has 10 aromatic rings. The van der Waals surface area contributed by atoms with Crippen molar-refractivity contribution in [3.8, 4) is 22.3 Å². The van der Waals surface area contributed by atoms with Gasteiger partial charge in [-0.05, 0) is 129 Å². The first-order chi connectivity index (χ1) is 28.3. The van der Waals surface area contributed by atoms with Crippen molar-refractivity contribution in [3.63, 3.8) is 0 Å². The maximum atomic E-state index is 5.40. The summed E-state index contributed by atoms with van der Waals surface area (Å²) in [5.74, 6) is 0. The standard InChI is InChI=1S/C55H34N2/c1-2-14-34-29-35(26-25-33(34)13-1)53-44-21-9-12-24-52(44)56-54(57-53)36-27-28-43-41-19-7-10-22-48(41)55(50(43)30-36)49-23-11-8-20-42(49)47-31-45-39-17-5-3-15-37(39)38-16-4-6-18-40(38)46(45)32-51(47)55/h1-32,54,57H. The monoisotopic (exact) mass is 722 g/mol. The molecule has 1 spiro atoms. The summed E-state index contributed by atoms with van der Waals surface area (Å²) in [5.41, 5.74) is 13.5. The fourth-order valence-electron chi connectivity index (χ4n) is 10.6. The second-order valence-corrected chi connectivity index (χ2v) is 15.8. The molecule has 10 aromatic carbocycles. The number of nitrogens with one attached hydrogen (secondary N) is 1. The van der Waals surface area contributed by atoms with E-state index in [1.165, 1.54) is 87.6 Å². The Labute approximate surface area is 329 Å². The van der Waals surface area contributed by atoms with Crippen LogP contribution in [0.3, 0.4) is 0 Å². The van der Waals surface area contributed by atoms with E-state index >= 15 is 0 Å². The lowest BCUT2D eigenvalue weighted by Crippen LogP contribution is -2.39. The van der Waals surface area contributed by atoms with Gasteiger partial charge in [-0.3, -0.25) is 4.99 Å². The van der Waals surface area contributed by atoms with Gasteiger partial charge in [-0.15, -0.1) is 0 Å². The molecule has 2 heteroatoms. The minimum atomic E-state index is -0.494. The topological polar surface area (TPSA) is 24.4 Å². The van der Waals surface area contributed by atoms with Gasteiger partial charge < -0.3 is 5.32 Å². The van der Waals surface area contributed by atoms with Crippen LogP contribution in [0.4, 0.5) is 0 Å². The van der Waals surface area contributed by atoms with Crippen molar-refractivity contribution < 1.29 is 0 Å². The summed E-state index contributed by atoms with van der Waals surface area (Å²) in [7, 11) is 0. The largest absolute Gasteiger partial charge is 0.359 e. The fourth-order valence-corrected chi connectivity index (χ4v) is 10.6. The van der Waals surface area contributed by atoms with Crippen molar-refractivity contribution in [3.05, 3.63) is 238 Å². The van der Waals surface area contributed by atoms with E-state index in [0.717, 1.165) is 27.4 Å². The maximum Gasteiger partial charge on any atom is 0.145 e. The van der Waals surface area contributed by atoms with E-state index in [1.54, 1.807) is 0 Å². The van der Waals surface area contributed by atoms with Crippen LogP contribution in [0.5, 0.6) is 0 Å². The van der Waals surface area contributed by atoms with Crippen molar-refractivity contribution in [2.45, 2.75) is 11.6 Å². The molecule has 0 aromatic heterocycles. The third kappa shape index (κ3) is 4.11. The minimum Gasteiger partial charge on any atom is -0.359 e. The molecule has 13 rings (SSSR count). The zero-order chi connectivity index (χ0) is 37.2. The van der Waals surface area contributed by atoms with E-state index in [-0.39, 0.29) is 6.17 Å². The van der Waals surface area contributed by atoms with Crippen LogP contribution < -0.4 is 15.9 Å². The molecule has 0 fully saturated rings. The van der Waals surface area contributed by atoms with Crippen LogP contribution in [-0.4, -0.2) is 0 Å². The Morgan fingerprint density at radius 3 is 1.70 bits per heavy atom. The second-order valence-electron chi connectivity index (χ2n) is 15.8. The first-order valence-corrected chi connectivity index (χ1v) is 19.9. The molecule has 0 saturated heterocycles. The second kappa shape index (κ2) is 11.4. The molecule has 0 amide bonds. The van der Waals surface area contributed by atoms with Gasteiger partial charge in [0.15, 0.2) is 0 Å². The van der Waals surface area contributed by atoms with Crippen LogP contribution >= 0.6 is 0 Å². The average Bonchev–Trinajstić information content (AvgIpc) is 3.74. The fraction of sp³-hybridized carbons (Fsp3) is 0.0364. The van der Waals surface area contributed by atoms with Crippen LogP contribution in [0.1, 0.15) is 39.5 Å². The quantitative estimate of drug-likeness (QED) is 0.177. The first kappa shape index (κ1) is 31.0. The lowest BCUT2D eigenvalue weighted by Gasteiger charge is -2.31. The summed E-state index contributed by atoms with van der Waals surface area (Å²) in [6.07, 6.45) is -0.268. The molecule has 264 valence electrons. The summed E-state index contributed by atoms with van der Waals surface area (Å²) in [6, 6.07) is 72.1. The van der Waals surface area contributed by atoms with Gasteiger partial charge in [0, 0.05) is 5.22 Å². The highest BCUT2D eigenvalue weighted by Gasteiger charge is 2.52. The van der Waals surface area contributed by atoms with Crippen molar-refractivity contribution in [2.24, 2.45) is 4.99 Å². The number of benzene rings is 10. The number of hydrogen-bond acceptors (Lipinski definition) is 2. The smallest absolute Gasteiger partial charge is 0.145 e. The lowest BCUT2D eigenvalue weighted by molar-refractivity contribution is 0.632. The van der Waals surface area contributed by atoms with Crippen molar-refractivity contribution in [2.75, 3.05) is 0 Å². The van der Waals surface area contributed by atoms with Gasteiger partial charge in [0.05, 0.1) is 16.5 Å². The van der Waals surface area contributed by atoms with Gasteiger partial charge in [-0.2, -0.15) is 0 Å². The van der Waals surface area contributed by atoms with E-state index in [9.17, 15) is 0 Å². The average molecular weight is 723 g/mol. The molecule has 1 N–H and O–H groups in total. The number of fused-ring (bicyclic) bond motifs is 18. The van der Waals surface area contributed by atoms with E-state index in [2.05, 4.69) is 199 Å². The number of hydrogen-bond donors (Lipinski definition) is 1. The van der Waals surface area contributed by atoms with Gasteiger partial charge in [0.2, 0.25) is 0 Å². The highest BCUT2D eigenvalue weighted by molar-refractivity contribution is 6.26.